The summed E-state index contributed by atoms with van der Waals surface area (Å²) in [5.74, 6) is 1.02. The van der Waals surface area contributed by atoms with Gasteiger partial charge in [-0.15, -0.1) is 0 Å². The maximum Gasteiger partial charge on any atom is 0.329 e. The van der Waals surface area contributed by atoms with Crippen molar-refractivity contribution in [1.82, 2.24) is 14.9 Å². The van der Waals surface area contributed by atoms with E-state index in [0.717, 1.165) is 52.4 Å². The number of rotatable bonds is 4. The number of nitrogen functional groups attached to an aromatic ring is 1. The van der Waals surface area contributed by atoms with Crippen LogP contribution in [-0.4, -0.2) is 65.7 Å². The molecule has 9 heteroatoms. The molecule has 0 saturated carbocycles. The lowest BCUT2D eigenvalue weighted by Crippen LogP contribution is -2.48. The molecule has 2 N–H and O–H groups in total. The molecule has 3 heterocycles. The van der Waals surface area contributed by atoms with Crippen LogP contribution in [0.3, 0.4) is 0 Å². The van der Waals surface area contributed by atoms with Gasteiger partial charge in [0.1, 0.15) is 6.20 Å². The number of nitrogens with zero attached hydrogens (tertiary/aromatic N) is 5. The molecule has 1 unspecified atom stereocenters. The highest BCUT2D eigenvalue weighted by molar-refractivity contribution is 5.53. The van der Waals surface area contributed by atoms with E-state index in [2.05, 4.69) is 14.9 Å². The topological polar surface area (TPSA) is 111 Å². The molecule has 0 spiro atoms. The van der Waals surface area contributed by atoms with Crippen LogP contribution >= 0.6 is 0 Å². The molecule has 3 rings (SSSR count). The predicted octanol–water partition coefficient (Wildman–Crippen LogP) is 0.126. The van der Waals surface area contributed by atoms with E-state index in [1.807, 2.05) is 4.90 Å². The fraction of sp³-hybridized carbons (Fsp3) is 0.692. The van der Waals surface area contributed by atoms with Crippen molar-refractivity contribution in [3.8, 4) is 0 Å². The van der Waals surface area contributed by atoms with Gasteiger partial charge in [-0.2, -0.15) is 4.98 Å². The van der Waals surface area contributed by atoms with Gasteiger partial charge >= 0.3 is 5.69 Å². The SMILES string of the molecule is Nc1nc(N2CCN(CC3CCOC3)CC2)ncc1[N+](=O)[O-]. The largest absolute Gasteiger partial charge is 0.381 e. The Morgan fingerprint density at radius 3 is 2.77 bits per heavy atom. The first-order valence-corrected chi connectivity index (χ1v) is 7.45. The van der Waals surface area contributed by atoms with Gasteiger partial charge in [0.2, 0.25) is 11.8 Å². The number of piperazine rings is 1. The van der Waals surface area contributed by atoms with E-state index in [4.69, 9.17) is 10.5 Å². The minimum atomic E-state index is -0.569. The number of nitro groups is 1. The molecular formula is C13H20N6O3. The van der Waals surface area contributed by atoms with E-state index in [1.165, 1.54) is 6.20 Å². The molecule has 0 aliphatic carbocycles. The van der Waals surface area contributed by atoms with Gasteiger partial charge in [0.15, 0.2) is 0 Å². The lowest BCUT2D eigenvalue weighted by Gasteiger charge is -2.35. The maximum atomic E-state index is 10.7. The number of aromatic nitrogens is 2. The predicted molar refractivity (Wildman–Crippen MR) is 80.7 cm³/mol. The van der Waals surface area contributed by atoms with E-state index >= 15 is 0 Å². The monoisotopic (exact) mass is 308 g/mol. The summed E-state index contributed by atoms with van der Waals surface area (Å²) in [7, 11) is 0. The number of nitrogens with two attached hydrogens (primary N) is 1. The first-order chi connectivity index (χ1) is 10.6. The van der Waals surface area contributed by atoms with Crippen LogP contribution in [0.1, 0.15) is 6.42 Å². The summed E-state index contributed by atoms with van der Waals surface area (Å²) in [6.45, 7) is 6.25. The van der Waals surface area contributed by atoms with Crippen LogP contribution in [0.5, 0.6) is 0 Å². The van der Waals surface area contributed by atoms with Gasteiger partial charge in [-0.1, -0.05) is 0 Å². The summed E-state index contributed by atoms with van der Waals surface area (Å²) in [5.41, 5.74) is 5.37. The van der Waals surface area contributed by atoms with Crippen LogP contribution in [0.15, 0.2) is 6.20 Å². The second-order valence-corrected chi connectivity index (χ2v) is 5.71. The fourth-order valence-electron chi connectivity index (χ4n) is 2.89. The fourth-order valence-corrected chi connectivity index (χ4v) is 2.89. The molecule has 2 aliphatic rings. The van der Waals surface area contributed by atoms with Crippen LogP contribution in [-0.2, 0) is 4.74 Å². The van der Waals surface area contributed by atoms with Crippen LogP contribution in [0, 0.1) is 16.0 Å². The second-order valence-electron chi connectivity index (χ2n) is 5.71. The molecule has 120 valence electrons. The van der Waals surface area contributed by atoms with Crippen molar-refractivity contribution in [3.63, 3.8) is 0 Å². The Labute approximate surface area is 128 Å². The molecule has 22 heavy (non-hydrogen) atoms. The Morgan fingerprint density at radius 1 is 1.41 bits per heavy atom. The van der Waals surface area contributed by atoms with Gasteiger partial charge in [-0.3, -0.25) is 15.0 Å². The maximum absolute atomic E-state index is 10.7. The quantitative estimate of drug-likeness (QED) is 0.617. The molecule has 0 bridgehead atoms. The zero-order chi connectivity index (χ0) is 15.5. The van der Waals surface area contributed by atoms with Crippen molar-refractivity contribution in [3.05, 3.63) is 16.3 Å². The Balaban J connectivity index is 1.56. The zero-order valence-corrected chi connectivity index (χ0v) is 12.3. The molecule has 1 aromatic rings. The van der Waals surface area contributed by atoms with E-state index in [-0.39, 0.29) is 11.5 Å². The summed E-state index contributed by atoms with van der Waals surface area (Å²) < 4.78 is 5.41. The van der Waals surface area contributed by atoms with Crippen molar-refractivity contribution < 1.29 is 9.66 Å². The lowest BCUT2D eigenvalue weighted by atomic mass is 10.1. The average molecular weight is 308 g/mol. The van der Waals surface area contributed by atoms with E-state index in [9.17, 15) is 10.1 Å². The Kier molecular flexibility index (Phi) is 4.34. The standard InChI is InChI=1S/C13H20N6O3/c14-12-11(19(20)21)7-15-13(16-12)18-4-2-17(3-5-18)8-10-1-6-22-9-10/h7,10H,1-6,8-9H2,(H2,14,15,16). The number of hydrogen-bond acceptors (Lipinski definition) is 8. The molecule has 2 saturated heterocycles. The average Bonchev–Trinajstić information content (AvgIpc) is 3.00. The molecule has 9 nitrogen and oxygen atoms in total. The number of anilines is 2. The second kappa shape index (κ2) is 6.41. The van der Waals surface area contributed by atoms with Crippen LogP contribution in [0.25, 0.3) is 0 Å². The highest BCUT2D eigenvalue weighted by Crippen LogP contribution is 2.21. The summed E-state index contributed by atoms with van der Waals surface area (Å²) >= 11 is 0. The van der Waals surface area contributed by atoms with Crippen molar-refractivity contribution in [1.29, 1.82) is 0 Å². The normalized spacial score (nSPS) is 22.9. The van der Waals surface area contributed by atoms with Crippen LogP contribution < -0.4 is 10.6 Å². The number of hydrogen-bond donors (Lipinski definition) is 1. The molecule has 0 amide bonds. The molecule has 0 radical (unpaired) electrons. The highest BCUT2D eigenvalue weighted by atomic mass is 16.6. The number of ether oxygens (including phenoxy) is 1. The Hall–Kier alpha value is -2.00. The first-order valence-electron chi connectivity index (χ1n) is 7.45. The van der Waals surface area contributed by atoms with Gasteiger partial charge in [0.25, 0.3) is 0 Å². The van der Waals surface area contributed by atoms with Crippen LogP contribution in [0.4, 0.5) is 17.5 Å². The highest BCUT2D eigenvalue weighted by Gasteiger charge is 2.24. The van der Waals surface area contributed by atoms with E-state index in [1.54, 1.807) is 0 Å². The molecular weight excluding hydrogens is 288 g/mol. The third-order valence-electron chi connectivity index (χ3n) is 4.18. The molecule has 1 aromatic heterocycles. The van der Waals surface area contributed by atoms with Gasteiger partial charge in [-0.25, -0.2) is 4.98 Å². The molecule has 0 aromatic carbocycles. The molecule has 2 aliphatic heterocycles. The third kappa shape index (κ3) is 3.25. The summed E-state index contributed by atoms with van der Waals surface area (Å²) in [5, 5.41) is 10.7. The van der Waals surface area contributed by atoms with Gasteiger partial charge in [0.05, 0.1) is 11.5 Å². The van der Waals surface area contributed by atoms with Gasteiger partial charge in [-0.05, 0) is 12.3 Å². The zero-order valence-electron chi connectivity index (χ0n) is 12.3. The van der Waals surface area contributed by atoms with Crippen molar-refractivity contribution in [2.45, 2.75) is 6.42 Å². The third-order valence-corrected chi connectivity index (χ3v) is 4.18. The minimum absolute atomic E-state index is 0.0828. The summed E-state index contributed by atoms with van der Waals surface area (Å²) in [6, 6.07) is 0. The Bertz CT molecular complexity index is 541. The first kappa shape index (κ1) is 14.9. The van der Waals surface area contributed by atoms with E-state index in [0.29, 0.717) is 11.9 Å². The molecule has 2 fully saturated rings. The van der Waals surface area contributed by atoms with Gasteiger partial charge in [0, 0.05) is 39.3 Å². The Morgan fingerprint density at radius 2 is 2.18 bits per heavy atom. The van der Waals surface area contributed by atoms with Gasteiger partial charge < -0.3 is 15.4 Å². The lowest BCUT2D eigenvalue weighted by molar-refractivity contribution is -0.384. The summed E-state index contributed by atoms with van der Waals surface area (Å²) in [4.78, 5) is 22.7. The van der Waals surface area contributed by atoms with Crippen molar-refractivity contribution in [2.75, 3.05) is 56.6 Å². The minimum Gasteiger partial charge on any atom is -0.381 e. The van der Waals surface area contributed by atoms with Crippen molar-refractivity contribution in [2.24, 2.45) is 5.92 Å². The van der Waals surface area contributed by atoms with Crippen LogP contribution in [0.2, 0.25) is 0 Å². The smallest absolute Gasteiger partial charge is 0.329 e. The summed E-state index contributed by atoms with van der Waals surface area (Å²) in [6.07, 6.45) is 2.32. The van der Waals surface area contributed by atoms with E-state index < -0.39 is 4.92 Å². The van der Waals surface area contributed by atoms with Crippen molar-refractivity contribution >= 4 is 17.5 Å². The molecule has 1 atom stereocenters.